The number of aliphatic carboxylic acids is 1. The lowest BCUT2D eigenvalue weighted by molar-refractivity contribution is -0.208. The molecule has 2 rings (SSSR count). The van der Waals surface area contributed by atoms with Crippen LogP contribution >= 0.6 is 0 Å². The number of fused-ring (bicyclic) bond motifs is 1. The van der Waals surface area contributed by atoms with Crippen LogP contribution in [0, 0.1) is 35.0 Å². The molecule has 9 heteroatoms. The van der Waals surface area contributed by atoms with Gasteiger partial charge in [-0.2, -0.15) is 0 Å². The van der Waals surface area contributed by atoms with Gasteiger partial charge in [-0.05, 0) is 57.8 Å². The summed E-state index contributed by atoms with van der Waals surface area (Å²) < 4.78 is 5.44. The van der Waals surface area contributed by atoms with E-state index in [-0.39, 0.29) is 37.6 Å². The summed E-state index contributed by atoms with van der Waals surface area (Å²) in [6.45, 7) is 9.71. The minimum atomic E-state index is -1.96. The second kappa shape index (κ2) is 10.9. The molecule has 9 nitrogen and oxygen atoms in total. The van der Waals surface area contributed by atoms with Gasteiger partial charge in [-0.1, -0.05) is 26.3 Å². The Bertz CT molecular complexity index is 932. The summed E-state index contributed by atoms with van der Waals surface area (Å²) in [6, 6.07) is 0. The Hall–Kier alpha value is -2.39. The van der Waals surface area contributed by atoms with E-state index in [0.29, 0.717) is 24.7 Å². The van der Waals surface area contributed by atoms with Crippen molar-refractivity contribution in [3.63, 3.8) is 0 Å². The number of carbonyl (C=O) groups excluding carboxylic acids is 4. The summed E-state index contributed by atoms with van der Waals surface area (Å²) >= 11 is 0. The Balaban J connectivity index is 2.50. The second-order valence-corrected chi connectivity index (χ2v) is 11.4. The summed E-state index contributed by atoms with van der Waals surface area (Å²) in [5.41, 5.74) is -4.08. The van der Waals surface area contributed by atoms with E-state index in [1.54, 1.807) is 20.8 Å². The van der Waals surface area contributed by atoms with Gasteiger partial charge in [-0.3, -0.25) is 14.4 Å². The van der Waals surface area contributed by atoms with Crippen LogP contribution in [0.3, 0.4) is 0 Å². The maximum absolute atomic E-state index is 13.7. The Morgan fingerprint density at radius 2 is 1.78 bits per heavy atom. The molecule has 0 amide bonds. The molecule has 0 bridgehead atoms. The summed E-state index contributed by atoms with van der Waals surface area (Å²) in [5.74, 6) is -5.72. The number of ketones is 2. The second-order valence-electron chi connectivity index (χ2n) is 11.4. The predicted molar refractivity (Wildman–Crippen MR) is 130 cm³/mol. The number of aldehydes is 1. The Morgan fingerprint density at radius 3 is 2.31 bits per heavy atom. The molecule has 8 unspecified atom stereocenters. The zero-order valence-corrected chi connectivity index (χ0v) is 22.1. The van der Waals surface area contributed by atoms with Crippen molar-refractivity contribution in [3.05, 3.63) is 11.6 Å². The number of hydrogen-bond acceptors (Lipinski definition) is 8. The van der Waals surface area contributed by atoms with E-state index in [2.05, 4.69) is 0 Å². The van der Waals surface area contributed by atoms with Gasteiger partial charge in [-0.15, -0.1) is 0 Å². The molecule has 36 heavy (non-hydrogen) atoms. The van der Waals surface area contributed by atoms with Gasteiger partial charge in [0, 0.05) is 23.3 Å². The fourth-order valence-electron chi connectivity index (χ4n) is 7.28. The number of esters is 1. The summed E-state index contributed by atoms with van der Waals surface area (Å²) in [6.07, 6.45) is 1.67. The zero-order valence-electron chi connectivity index (χ0n) is 22.1. The molecule has 2 saturated carbocycles. The minimum absolute atomic E-state index is 0.106. The van der Waals surface area contributed by atoms with Gasteiger partial charge in [-0.25, -0.2) is 4.79 Å². The van der Waals surface area contributed by atoms with Crippen molar-refractivity contribution in [1.82, 2.24) is 0 Å². The fourth-order valence-corrected chi connectivity index (χ4v) is 7.28. The van der Waals surface area contributed by atoms with Crippen molar-refractivity contribution in [2.45, 2.75) is 84.8 Å². The monoisotopic (exact) mass is 508 g/mol. The highest BCUT2D eigenvalue weighted by Gasteiger charge is 2.68. The smallest absolute Gasteiger partial charge is 0.328 e. The topological polar surface area (TPSA) is 155 Å². The molecule has 2 aliphatic rings. The van der Waals surface area contributed by atoms with E-state index < -0.39 is 58.0 Å². The van der Waals surface area contributed by atoms with Crippen LogP contribution in [0.25, 0.3) is 0 Å². The van der Waals surface area contributed by atoms with Crippen LogP contribution in [0.15, 0.2) is 11.6 Å². The van der Waals surface area contributed by atoms with Crippen molar-refractivity contribution in [2.24, 2.45) is 35.0 Å². The maximum Gasteiger partial charge on any atom is 0.328 e. The lowest BCUT2D eigenvalue weighted by Crippen LogP contribution is -2.69. The minimum Gasteiger partial charge on any atom is -0.478 e. The Kier molecular flexibility index (Phi) is 9.06. The number of carboxylic acids is 1. The molecule has 2 aliphatic carbocycles. The number of ether oxygens (including phenoxy) is 1. The van der Waals surface area contributed by atoms with E-state index in [4.69, 9.17) is 9.84 Å². The lowest BCUT2D eigenvalue weighted by Gasteiger charge is -2.61. The summed E-state index contributed by atoms with van der Waals surface area (Å²) in [7, 11) is 0. The zero-order chi connectivity index (χ0) is 27.6. The van der Waals surface area contributed by atoms with Crippen molar-refractivity contribution in [3.8, 4) is 0 Å². The molecule has 0 aliphatic heterocycles. The van der Waals surface area contributed by atoms with E-state index in [1.807, 2.05) is 6.92 Å². The first-order valence-corrected chi connectivity index (χ1v) is 12.5. The first-order valence-electron chi connectivity index (χ1n) is 12.5. The molecule has 0 heterocycles. The predicted octanol–water partition coefficient (Wildman–Crippen LogP) is 2.50. The molecule has 0 radical (unpaired) electrons. The van der Waals surface area contributed by atoms with Crippen LogP contribution in [-0.4, -0.2) is 62.9 Å². The largest absolute Gasteiger partial charge is 0.478 e. The number of rotatable bonds is 10. The molecular weight excluding hydrogens is 468 g/mol. The summed E-state index contributed by atoms with van der Waals surface area (Å²) in [5, 5.41) is 31.3. The molecule has 8 atom stereocenters. The highest BCUT2D eigenvalue weighted by Crippen LogP contribution is 2.61. The van der Waals surface area contributed by atoms with Crippen LogP contribution in [0.5, 0.6) is 0 Å². The maximum atomic E-state index is 13.7. The van der Waals surface area contributed by atoms with Crippen molar-refractivity contribution in [1.29, 1.82) is 0 Å². The van der Waals surface area contributed by atoms with Crippen molar-refractivity contribution in [2.75, 3.05) is 6.61 Å². The Morgan fingerprint density at radius 1 is 1.17 bits per heavy atom. The number of carboxylic acid groups (broad SMARTS) is 1. The van der Waals surface area contributed by atoms with E-state index in [1.165, 1.54) is 13.8 Å². The van der Waals surface area contributed by atoms with E-state index in [0.717, 1.165) is 6.08 Å². The number of hydrogen-bond donors (Lipinski definition) is 3. The highest BCUT2D eigenvalue weighted by atomic mass is 16.5. The van der Waals surface area contributed by atoms with Gasteiger partial charge >= 0.3 is 11.9 Å². The normalized spacial score (nSPS) is 37.6. The van der Waals surface area contributed by atoms with Crippen LogP contribution in [0.1, 0.15) is 73.6 Å². The molecule has 0 saturated heterocycles. The number of Topliss-reactive ketones (excluding diaryl/α,β-unsaturated/α-hetero) is 2. The van der Waals surface area contributed by atoms with Crippen molar-refractivity contribution >= 4 is 29.8 Å². The highest BCUT2D eigenvalue weighted by molar-refractivity contribution is 5.99. The molecule has 0 aromatic heterocycles. The molecule has 3 N–H and O–H groups in total. The van der Waals surface area contributed by atoms with Gasteiger partial charge in [0.25, 0.3) is 0 Å². The SMILES string of the molecule is CCC(COC(=O)CC(C)=CC(=O)O)C1C(C)(O)C(=O)C2CC(C)(O)CC(C)C2C1(C)C(=O)CC=O. The van der Waals surface area contributed by atoms with E-state index in [9.17, 15) is 34.2 Å². The van der Waals surface area contributed by atoms with Gasteiger partial charge in [0.1, 0.15) is 17.7 Å². The number of carbonyl (C=O) groups is 5. The molecular formula is C27H40O9. The van der Waals surface area contributed by atoms with Crippen LogP contribution in [0.2, 0.25) is 0 Å². The van der Waals surface area contributed by atoms with E-state index >= 15 is 0 Å². The molecule has 2 fully saturated rings. The molecule has 0 aromatic carbocycles. The van der Waals surface area contributed by atoms with Gasteiger partial charge in [0.2, 0.25) is 0 Å². The first-order chi connectivity index (χ1) is 16.5. The van der Waals surface area contributed by atoms with Gasteiger partial charge in [0.05, 0.1) is 25.0 Å². The quantitative estimate of drug-likeness (QED) is 0.175. The standard InChI is InChI=1S/C27H40O9/c1-7-17(14-36-21(32)11-15(2)10-20(30)31)23-26(5,19(29)8-9-28)22-16(3)12-25(4,34)13-18(22)24(33)27(23,6)35/h9-10,16-18,22-23,34-35H,7-8,11-14H2,1-6H3,(H,30,31). The third-order valence-electron chi connectivity index (χ3n) is 8.36. The summed E-state index contributed by atoms with van der Waals surface area (Å²) in [4.78, 5) is 61.9. The Labute approximate surface area is 212 Å². The number of aliphatic hydroxyl groups is 2. The third-order valence-corrected chi connectivity index (χ3v) is 8.36. The third kappa shape index (κ3) is 5.78. The van der Waals surface area contributed by atoms with Crippen LogP contribution in [0.4, 0.5) is 0 Å². The van der Waals surface area contributed by atoms with Gasteiger partial charge in [0.15, 0.2) is 5.78 Å². The van der Waals surface area contributed by atoms with Gasteiger partial charge < -0.3 is 24.9 Å². The molecule has 0 aromatic rings. The van der Waals surface area contributed by atoms with Crippen LogP contribution < -0.4 is 0 Å². The fraction of sp³-hybridized carbons (Fsp3) is 0.741. The average molecular weight is 509 g/mol. The van der Waals surface area contributed by atoms with Crippen molar-refractivity contribution < 1.29 is 44.0 Å². The lowest BCUT2D eigenvalue weighted by atomic mass is 9.42. The molecule has 0 spiro atoms. The van der Waals surface area contributed by atoms with Crippen LogP contribution in [-0.2, 0) is 28.7 Å². The first kappa shape index (κ1) is 29.8. The molecule has 202 valence electrons. The average Bonchev–Trinajstić information content (AvgIpc) is 2.72.